The molecule has 0 radical (unpaired) electrons. The van der Waals surface area contributed by atoms with Gasteiger partial charge in [0.05, 0.1) is 5.02 Å². The van der Waals surface area contributed by atoms with Gasteiger partial charge in [-0.1, -0.05) is 37.6 Å². The van der Waals surface area contributed by atoms with Crippen LogP contribution in [0, 0.1) is 0 Å². The van der Waals surface area contributed by atoms with Crippen LogP contribution in [0.2, 0.25) is 5.02 Å². The number of nitrogens with one attached hydrogen (secondary N) is 1. The molecule has 1 N–H and O–H groups in total. The molecule has 0 aliphatic rings. The Labute approximate surface area is 95.2 Å². The molecule has 0 aliphatic heterocycles. The minimum absolute atomic E-state index is 0.561. The second-order valence-corrected chi connectivity index (χ2v) is 5.42. The summed E-state index contributed by atoms with van der Waals surface area (Å²) >= 11 is 7.98. The van der Waals surface area contributed by atoms with E-state index in [0.717, 1.165) is 11.6 Å². The highest BCUT2D eigenvalue weighted by molar-refractivity contribution is 8.00. The topological polar surface area (TPSA) is 12.0 Å². The van der Waals surface area contributed by atoms with E-state index in [-0.39, 0.29) is 0 Å². The maximum atomic E-state index is 6.16. The van der Waals surface area contributed by atoms with Crippen molar-refractivity contribution >= 4 is 23.4 Å². The number of rotatable bonds is 4. The summed E-state index contributed by atoms with van der Waals surface area (Å²) in [6.07, 6.45) is 0. The fraction of sp³-hybridized carbons (Fsp3) is 0.455. The first-order valence-corrected chi connectivity index (χ1v) is 5.99. The molecule has 0 saturated heterocycles. The second kappa shape index (κ2) is 5.64. The zero-order valence-electron chi connectivity index (χ0n) is 8.80. The summed E-state index contributed by atoms with van der Waals surface area (Å²) in [7, 11) is 1.95. The summed E-state index contributed by atoms with van der Waals surface area (Å²) in [6, 6.07) is 6.07. The Hall–Kier alpha value is -0.180. The van der Waals surface area contributed by atoms with Crippen molar-refractivity contribution in [2.24, 2.45) is 0 Å². The minimum atomic E-state index is 0.561. The van der Waals surface area contributed by atoms with Gasteiger partial charge in [-0.2, -0.15) is 0 Å². The minimum Gasteiger partial charge on any atom is -0.316 e. The van der Waals surface area contributed by atoms with Crippen LogP contribution in [0.1, 0.15) is 19.4 Å². The number of hydrogen-bond donors (Lipinski definition) is 1. The lowest BCUT2D eigenvalue weighted by atomic mass is 10.2. The highest BCUT2D eigenvalue weighted by atomic mass is 35.5. The highest BCUT2D eigenvalue weighted by Gasteiger charge is 2.08. The van der Waals surface area contributed by atoms with E-state index in [9.17, 15) is 0 Å². The van der Waals surface area contributed by atoms with Gasteiger partial charge in [0, 0.05) is 16.7 Å². The molecule has 0 saturated carbocycles. The summed E-state index contributed by atoms with van der Waals surface area (Å²) in [5.74, 6) is 0. The smallest absolute Gasteiger partial charge is 0.0545 e. The lowest BCUT2D eigenvalue weighted by Crippen LogP contribution is -2.06. The molecule has 0 fully saturated rings. The number of thioether (sulfide) groups is 1. The number of benzene rings is 1. The van der Waals surface area contributed by atoms with Crippen LogP contribution in [0.4, 0.5) is 0 Å². The maximum Gasteiger partial charge on any atom is 0.0545 e. The second-order valence-electron chi connectivity index (χ2n) is 3.43. The van der Waals surface area contributed by atoms with Crippen molar-refractivity contribution in [3.8, 4) is 0 Å². The van der Waals surface area contributed by atoms with Gasteiger partial charge in [-0.05, 0) is 18.7 Å². The summed E-state index contributed by atoms with van der Waals surface area (Å²) in [5.41, 5.74) is 1.28. The average molecular weight is 230 g/mol. The van der Waals surface area contributed by atoms with Crippen molar-refractivity contribution < 1.29 is 0 Å². The normalized spacial score (nSPS) is 10.9. The summed E-state index contributed by atoms with van der Waals surface area (Å²) in [6.45, 7) is 5.23. The van der Waals surface area contributed by atoms with Crippen LogP contribution >= 0.6 is 23.4 Å². The molecule has 1 rings (SSSR count). The van der Waals surface area contributed by atoms with E-state index in [1.165, 1.54) is 10.5 Å². The predicted octanol–water partition coefficient (Wildman–Crippen LogP) is 3.56. The van der Waals surface area contributed by atoms with E-state index >= 15 is 0 Å². The fourth-order valence-electron chi connectivity index (χ4n) is 1.25. The summed E-state index contributed by atoms with van der Waals surface area (Å²) < 4.78 is 0. The first-order chi connectivity index (χ1) is 6.65. The van der Waals surface area contributed by atoms with Crippen LogP contribution in [0.3, 0.4) is 0 Å². The Balaban J connectivity index is 2.96. The van der Waals surface area contributed by atoms with Gasteiger partial charge < -0.3 is 5.32 Å². The Morgan fingerprint density at radius 1 is 1.43 bits per heavy atom. The molecule has 0 unspecified atom stereocenters. The molecule has 0 aromatic heterocycles. The van der Waals surface area contributed by atoms with Crippen molar-refractivity contribution in [3.63, 3.8) is 0 Å². The van der Waals surface area contributed by atoms with Crippen LogP contribution < -0.4 is 5.32 Å². The van der Waals surface area contributed by atoms with Crippen molar-refractivity contribution in [2.45, 2.75) is 30.5 Å². The van der Waals surface area contributed by atoms with Gasteiger partial charge in [0.25, 0.3) is 0 Å². The third-order valence-electron chi connectivity index (χ3n) is 1.77. The molecule has 14 heavy (non-hydrogen) atoms. The molecule has 0 bridgehead atoms. The third kappa shape index (κ3) is 3.19. The third-order valence-corrected chi connectivity index (χ3v) is 3.39. The molecular formula is C11H16ClNS. The van der Waals surface area contributed by atoms with Gasteiger partial charge in [0.15, 0.2) is 0 Å². The van der Waals surface area contributed by atoms with Crippen LogP contribution in [-0.4, -0.2) is 12.3 Å². The van der Waals surface area contributed by atoms with E-state index in [4.69, 9.17) is 11.6 Å². The monoisotopic (exact) mass is 229 g/mol. The van der Waals surface area contributed by atoms with Gasteiger partial charge in [-0.25, -0.2) is 0 Å². The van der Waals surface area contributed by atoms with Crippen molar-refractivity contribution in [1.82, 2.24) is 5.32 Å². The Kier molecular flexibility index (Phi) is 4.79. The van der Waals surface area contributed by atoms with Crippen molar-refractivity contribution in [3.05, 3.63) is 28.8 Å². The SMILES string of the molecule is CNCc1cccc(Cl)c1SC(C)C. The van der Waals surface area contributed by atoms with E-state index in [1.807, 2.05) is 30.9 Å². The Morgan fingerprint density at radius 3 is 2.71 bits per heavy atom. The lowest BCUT2D eigenvalue weighted by molar-refractivity contribution is 0.803. The zero-order chi connectivity index (χ0) is 10.6. The van der Waals surface area contributed by atoms with Gasteiger partial charge in [-0.15, -0.1) is 11.8 Å². The van der Waals surface area contributed by atoms with Crippen molar-refractivity contribution in [2.75, 3.05) is 7.05 Å². The van der Waals surface area contributed by atoms with E-state index in [2.05, 4.69) is 25.2 Å². The summed E-state index contributed by atoms with van der Waals surface area (Å²) in [4.78, 5) is 1.21. The maximum absolute atomic E-state index is 6.16. The standard InChI is InChI=1S/C11H16ClNS/c1-8(2)14-11-9(7-13-3)5-4-6-10(11)12/h4-6,8,13H,7H2,1-3H3. The quantitative estimate of drug-likeness (QED) is 0.793. The van der Waals surface area contributed by atoms with E-state index < -0.39 is 0 Å². The molecule has 78 valence electrons. The van der Waals surface area contributed by atoms with E-state index in [1.54, 1.807) is 0 Å². The van der Waals surface area contributed by atoms with Crippen LogP contribution in [0.15, 0.2) is 23.1 Å². The van der Waals surface area contributed by atoms with Gasteiger partial charge in [0.1, 0.15) is 0 Å². The van der Waals surface area contributed by atoms with Crippen molar-refractivity contribution in [1.29, 1.82) is 0 Å². The molecule has 0 atom stereocenters. The molecule has 0 heterocycles. The molecule has 0 aliphatic carbocycles. The van der Waals surface area contributed by atoms with Crippen LogP contribution in [0.25, 0.3) is 0 Å². The molecule has 1 aromatic rings. The molecular weight excluding hydrogens is 214 g/mol. The number of hydrogen-bond acceptors (Lipinski definition) is 2. The largest absolute Gasteiger partial charge is 0.316 e. The Morgan fingerprint density at radius 2 is 2.14 bits per heavy atom. The fourth-order valence-corrected chi connectivity index (χ4v) is 2.52. The molecule has 0 amide bonds. The predicted molar refractivity (Wildman–Crippen MR) is 65.2 cm³/mol. The first kappa shape index (κ1) is 11.9. The van der Waals surface area contributed by atoms with E-state index in [0.29, 0.717) is 5.25 Å². The molecule has 3 heteroatoms. The molecule has 1 aromatic carbocycles. The highest BCUT2D eigenvalue weighted by Crippen LogP contribution is 2.33. The van der Waals surface area contributed by atoms with Crippen LogP contribution in [-0.2, 0) is 6.54 Å². The molecule has 0 spiro atoms. The lowest BCUT2D eigenvalue weighted by Gasteiger charge is -2.12. The van der Waals surface area contributed by atoms with Gasteiger partial charge in [-0.3, -0.25) is 0 Å². The average Bonchev–Trinajstić information content (AvgIpc) is 2.11. The van der Waals surface area contributed by atoms with Gasteiger partial charge in [0.2, 0.25) is 0 Å². The first-order valence-electron chi connectivity index (χ1n) is 4.73. The molecule has 1 nitrogen and oxygen atoms in total. The Bertz CT molecular complexity index is 299. The summed E-state index contributed by atoms with van der Waals surface area (Å²) in [5, 5.41) is 4.57. The van der Waals surface area contributed by atoms with Crippen LogP contribution in [0.5, 0.6) is 0 Å². The van der Waals surface area contributed by atoms with Gasteiger partial charge >= 0.3 is 0 Å². The zero-order valence-corrected chi connectivity index (χ0v) is 10.4. The number of halogens is 1.